The first-order valence-corrected chi connectivity index (χ1v) is 5.72. The van der Waals surface area contributed by atoms with Crippen LogP contribution in [0.4, 0.5) is 17.6 Å². The van der Waals surface area contributed by atoms with Crippen molar-refractivity contribution >= 4 is 5.78 Å². The summed E-state index contributed by atoms with van der Waals surface area (Å²) < 4.78 is 56.3. The molecule has 0 amide bonds. The number of alkyl halides is 3. The van der Waals surface area contributed by atoms with E-state index in [0.717, 1.165) is 6.07 Å². The monoisotopic (exact) mass is 286 g/mol. The molecule has 1 heterocycles. The van der Waals surface area contributed by atoms with Crippen LogP contribution in [0.1, 0.15) is 18.2 Å². The van der Waals surface area contributed by atoms with Crippen molar-refractivity contribution in [1.82, 2.24) is 0 Å². The number of carbonyl (C=O) groups excluding carboxylic acids is 1. The van der Waals surface area contributed by atoms with Gasteiger partial charge in [-0.15, -0.1) is 0 Å². The van der Waals surface area contributed by atoms with Crippen molar-refractivity contribution in [3.63, 3.8) is 0 Å². The summed E-state index contributed by atoms with van der Waals surface area (Å²) in [4.78, 5) is 10.9. The fraction of sp³-hybridized carbons (Fsp3) is 0.214. The van der Waals surface area contributed by atoms with Gasteiger partial charge in [-0.3, -0.25) is 4.79 Å². The first-order chi connectivity index (χ1) is 9.27. The van der Waals surface area contributed by atoms with Crippen LogP contribution in [0, 0.1) is 5.82 Å². The van der Waals surface area contributed by atoms with Gasteiger partial charge in [0.25, 0.3) is 0 Å². The summed E-state index contributed by atoms with van der Waals surface area (Å²) in [7, 11) is 0. The van der Waals surface area contributed by atoms with Gasteiger partial charge in [0, 0.05) is 5.56 Å². The van der Waals surface area contributed by atoms with E-state index < -0.39 is 17.6 Å². The number of carbonyl (C=O) groups is 1. The summed E-state index contributed by atoms with van der Waals surface area (Å²) >= 11 is 0. The van der Waals surface area contributed by atoms with E-state index in [0.29, 0.717) is 11.8 Å². The molecule has 0 aliphatic carbocycles. The predicted molar refractivity (Wildman–Crippen MR) is 63.5 cm³/mol. The molecule has 6 heteroatoms. The molecule has 0 aliphatic rings. The van der Waals surface area contributed by atoms with E-state index in [-0.39, 0.29) is 23.5 Å². The van der Waals surface area contributed by atoms with Crippen LogP contribution in [0.2, 0.25) is 0 Å². The van der Waals surface area contributed by atoms with Crippen molar-refractivity contribution in [2.24, 2.45) is 0 Å². The fourth-order valence-corrected chi connectivity index (χ4v) is 1.77. The molecule has 2 nitrogen and oxygen atoms in total. The number of Topliss-reactive ketones (excluding diaryl/α,β-unsaturated/α-hetero) is 1. The Morgan fingerprint density at radius 3 is 2.50 bits per heavy atom. The second-order valence-corrected chi connectivity index (χ2v) is 4.34. The molecule has 1 aromatic carbocycles. The number of hydrogen-bond acceptors (Lipinski definition) is 2. The van der Waals surface area contributed by atoms with Crippen LogP contribution in [-0.4, -0.2) is 5.78 Å². The SMILES string of the molecule is CC(=O)Cc1ccc(-c2ccc(F)c(C(F)(F)F)c2)o1. The summed E-state index contributed by atoms with van der Waals surface area (Å²) in [5.74, 6) is -0.949. The highest BCUT2D eigenvalue weighted by Crippen LogP contribution is 2.34. The van der Waals surface area contributed by atoms with Gasteiger partial charge in [0.05, 0.1) is 12.0 Å². The molecular weight excluding hydrogens is 276 g/mol. The lowest BCUT2D eigenvalue weighted by Gasteiger charge is -2.09. The molecule has 106 valence electrons. The molecular formula is C14H10F4O2. The molecule has 0 bridgehead atoms. The zero-order chi connectivity index (χ0) is 14.9. The van der Waals surface area contributed by atoms with Gasteiger partial charge in [0.15, 0.2) is 0 Å². The maximum Gasteiger partial charge on any atom is 0.419 e. The van der Waals surface area contributed by atoms with E-state index >= 15 is 0 Å². The highest BCUT2D eigenvalue weighted by atomic mass is 19.4. The van der Waals surface area contributed by atoms with Gasteiger partial charge >= 0.3 is 6.18 Å². The van der Waals surface area contributed by atoms with Gasteiger partial charge in [-0.2, -0.15) is 13.2 Å². The number of hydrogen-bond donors (Lipinski definition) is 0. The zero-order valence-corrected chi connectivity index (χ0v) is 10.4. The molecule has 0 saturated carbocycles. The van der Waals surface area contributed by atoms with Crippen molar-refractivity contribution in [2.75, 3.05) is 0 Å². The lowest BCUT2D eigenvalue weighted by atomic mass is 10.1. The molecule has 0 fully saturated rings. The predicted octanol–water partition coefficient (Wildman–Crippen LogP) is 4.24. The second kappa shape index (κ2) is 5.11. The minimum absolute atomic E-state index is 0.0628. The molecule has 0 N–H and O–H groups in total. The second-order valence-electron chi connectivity index (χ2n) is 4.34. The number of halogens is 4. The Kier molecular flexibility index (Phi) is 3.65. The minimum Gasteiger partial charge on any atom is -0.461 e. The molecule has 0 unspecified atom stereocenters. The number of ketones is 1. The molecule has 0 spiro atoms. The summed E-state index contributed by atoms with van der Waals surface area (Å²) in [5, 5.41) is 0. The molecule has 1 aromatic heterocycles. The third-order valence-electron chi connectivity index (χ3n) is 2.64. The molecule has 2 aromatic rings. The molecule has 0 radical (unpaired) electrons. The Morgan fingerprint density at radius 1 is 1.20 bits per heavy atom. The van der Waals surface area contributed by atoms with Crippen molar-refractivity contribution in [1.29, 1.82) is 0 Å². The van der Waals surface area contributed by atoms with E-state index in [1.807, 2.05) is 0 Å². The Hall–Kier alpha value is -2.11. The minimum atomic E-state index is -4.77. The number of benzene rings is 1. The van der Waals surface area contributed by atoms with Crippen molar-refractivity contribution in [3.8, 4) is 11.3 Å². The third kappa shape index (κ3) is 3.07. The number of furan rings is 1. The highest BCUT2D eigenvalue weighted by Gasteiger charge is 2.34. The average Bonchev–Trinajstić information content (AvgIpc) is 2.75. The average molecular weight is 286 g/mol. The molecule has 0 atom stereocenters. The lowest BCUT2D eigenvalue weighted by Crippen LogP contribution is -2.08. The van der Waals surface area contributed by atoms with Crippen LogP contribution >= 0.6 is 0 Å². The fourth-order valence-electron chi connectivity index (χ4n) is 1.77. The Balaban J connectivity index is 2.38. The highest BCUT2D eigenvalue weighted by molar-refractivity contribution is 5.77. The first kappa shape index (κ1) is 14.3. The van der Waals surface area contributed by atoms with Crippen LogP contribution in [0.25, 0.3) is 11.3 Å². The summed E-state index contributed by atoms with van der Waals surface area (Å²) in [6, 6.07) is 5.58. The standard InChI is InChI=1S/C14H10F4O2/c1-8(19)6-10-3-5-13(20-10)9-2-4-12(15)11(7-9)14(16,17)18/h2-5,7H,6H2,1H3. The van der Waals surface area contributed by atoms with E-state index in [9.17, 15) is 22.4 Å². The lowest BCUT2D eigenvalue weighted by molar-refractivity contribution is -0.140. The largest absolute Gasteiger partial charge is 0.461 e. The van der Waals surface area contributed by atoms with Crippen LogP contribution < -0.4 is 0 Å². The summed E-state index contributed by atoms with van der Waals surface area (Å²) in [5.41, 5.74) is -1.24. The van der Waals surface area contributed by atoms with Crippen molar-refractivity contribution in [3.05, 3.63) is 47.5 Å². The topological polar surface area (TPSA) is 30.2 Å². The quantitative estimate of drug-likeness (QED) is 0.790. The Morgan fingerprint density at radius 2 is 1.90 bits per heavy atom. The molecule has 20 heavy (non-hydrogen) atoms. The number of rotatable bonds is 3. The zero-order valence-electron chi connectivity index (χ0n) is 10.4. The van der Waals surface area contributed by atoms with Crippen molar-refractivity contribution in [2.45, 2.75) is 19.5 Å². The van der Waals surface area contributed by atoms with E-state index in [4.69, 9.17) is 4.42 Å². The van der Waals surface area contributed by atoms with Gasteiger partial charge in [0.1, 0.15) is 23.1 Å². The Bertz CT molecular complexity index is 641. The maximum atomic E-state index is 13.2. The van der Waals surface area contributed by atoms with Crippen LogP contribution in [0.3, 0.4) is 0 Å². The van der Waals surface area contributed by atoms with E-state index in [1.165, 1.54) is 25.1 Å². The van der Waals surface area contributed by atoms with Gasteiger partial charge < -0.3 is 4.42 Å². The Labute approximate surface area is 112 Å². The van der Waals surface area contributed by atoms with Crippen LogP contribution in [-0.2, 0) is 17.4 Å². The van der Waals surface area contributed by atoms with Gasteiger partial charge in [-0.05, 0) is 37.3 Å². The van der Waals surface area contributed by atoms with E-state index in [2.05, 4.69) is 0 Å². The van der Waals surface area contributed by atoms with Crippen LogP contribution in [0.5, 0.6) is 0 Å². The van der Waals surface area contributed by atoms with Crippen molar-refractivity contribution < 1.29 is 26.8 Å². The molecule has 0 saturated heterocycles. The molecule has 2 rings (SSSR count). The first-order valence-electron chi connectivity index (χ1n) is 5.72. The van der Waals surface area contributed by atoms with E-state index in [1.54, 1.807) is 0 Å². The maximum absolute atomic E-state index is 13.2. The summed E-state index contributed by atoms with van der Waals surface area (Å²) in [6.07, 6.45) is -4.71. The normalized spacial score (nSPS) is 11.7. The molecule has 0 aliphatic heterocycles. The van der Waals surface area contributed by atoms with Gasteiger partial charge in [-0.1, -0.05) is 0 Å². The smallest absolute Gasteiger partial charge is 0.419 e. The third-order valence-corrected chi connectivity index (χ3v) is 2.64. The van der Waals surface area contributed by atoms with Gasteiger partial charge in [0.2, 0.25) is 0 Å². The van der Waals surface area contributed by atoms with Crippen LogP contribution in [0.15, 0.2) is 34.7 Å². The summed E-state index contributed by atoms with van der Waals surface area (Å²) in [6.45, 7) is 1.38. The van der Waals surface area contributed by atoms with Gasteiger partial charge in [-0.25, -0.2) is 4.39 Å².